The van der Waals surface area contributed by atoms with Gasteiger partial charge in [-0.3, -0.25) is 0 Å². The molecule has 1 saturated carbocycles. The molecule has 0 amide bonds. The van der Waals surface area contributed by atoms with Gasteiger partial charge in [-0.15, -0.1) is 0 Å². The Kier molecular flexibility index (Phi) is 5.46. The molecule has 0 aromatic rings. The van der Waals surface area contributed by atoms with Crippen molar-refractivity contribution < 1.29 is 9.47 Å². The normalized spacial score (nSPS) is 29.3. The van der Waals surface area contributed by atoms with Crippen LogP contribution in [-0.2, 0) is 9.47 Å². The Bertz CT molecular complexity index is 233. The Morgan fingerprint density at radius 2 is 2.11 bits per heavy atom. The van der Waals surface area contributed by atoms with Crippen molar-refractivity contribution in [1.82, 2.24) is 0 Å². The minimum absolute atomic E-state index is 0.194. The Balaban J connectivity index is 1.81. The van der Waals surface area contributed by atoms with Crippen LogP contribution in [0.4, 0.5) is 0 Å². The molecule has 2 fully saturated rings. The van der Waals surface area contributed by atoms with Crippen molar-refractivity contribution in [3.8, 4) is 0 Å². The molecule has 2 aliphatic rings. The molecule has 2 unspecified atom stereocenters. The Morgan fingerprint density at radius 1 is 1.33 bits per heavy atom. The number of hydrogen-bond acceptors (Lipinski definition) is 3. The van der Waals surface area contributed by atoms with Crippen LogP contribution in [0, 0.1) is 5.92 Å². The van der Waals surface area contributed by atoms with Gasteiger partial charge >= 0.3 is 0 Å². The van der Waals surface area contributed by atoms with Crippen molar-refractivity contribution >= 4 is 0 Å². The summed E-state index contributed by atoms with van der Waals surface area (Å²) in [5.74, 6) is 0.661. The van der Waals surface area contributed by atoms with E-state index in [-0.39, 0.29) is 5.60 Å². The van der Waals surface area contributed by atoms with Gasteiger partial charge in [-0.2, -0.15) is 0 Å². The van der Waals surface area contributed by atoms with Crippen LogP contribution in [0.2, 0.25) is 0 Å². The Morgan fingerprint density at radius 3 is 2.83 bits per heavy atom. The molecule has 2 atom stereocenters. The average Bonchev–Trinajstić information content (AvgIpc) is 2.40. The van der Waals surface area contributed by atoms with E-state index in [0.29, 0.717) is 12.0 Å². The molecule has 0 aromatic carbocycles. The minimum atomic E-state index is 0.194. The third-order valence-electron chi connectivity index (χ3n) is 4.79. The van der Waals surface area contributed by atoms with E-state index in [4.69, 9.17) is 15.2 Å². The predicted octanol–water partition coefficient (Wildman–Crippen LogP) is 2.87. The summed E-state index contributed by atoms with van der Waals surface area (Å²) in [7, 11) is 1.76. The fourth-order valence-electron chi connectivity index (χ4n) is 3.67. The molecule has 0 radical (unpaired) electrons. The van der Waals surface area contributed by atoms with Crippen molar-refractivity contribution in [3.05, 3.63) is 0 Å². The highest BCUT2D eigenvalue weighted by atomic mass is 16.5. The molecule has 2 N–H and O–H groups in total. The van der Waals surface area contributed by atoms with E-state index in [1.807, 2.05) is 0 Å². The van der Waals surface area contributed by atoms with Gasteiger partial charge in [0.15, 0.2) is 0 Å². The monoisotopic (exact) mass is 255 g/mol. The third-order valence-corrected chi connectivity index (χ3v) is 4.79. The van der Waals surface area contributed by atoms with Crippen molar-refractivity contribution in [1.29, 1.82) is 0 Å². The van der Waals surface area contributed by atoms with Crippen LogP contribution >= 0.6 is 0 Å². The molecule has 3 nitrogen and oxygen atoms in total. The molecule has 106 valence electrons. The van der Waals surface area contributed by atoms with E-state index in [1.165, 1.54) is 38.5 Å². The summed E-state index contributed by atoms with van der Waals surface area (Å²) in [5, 5.41) is 0. The summed E-state index contributed by atoms with van der Waals surface area (Å²) < 4.78 is 11.2. The van der Waals surface area contributed by atoms with Gasteiger partial charge < -0.3 is 15.2 Å². The molecule has 1 heterocycles. The van der Waals surface area contributed by atoms with Crippen molar-refractivity contribution in [3.63, 3.8) is 0 Å². The third kappa shape index (κ3) is 3.69. The van der Waals surface area contributed by atoms with Gasteiger partial charge in [0.05, 0.1) is 5.60 Å². The SMILES string of the molecule is COCCCC(N)C1CCOC2(CCCCC2)C1. The van der Waals surface area contributed by atoms with Gasteiger partial charge in [-0.05, 0) is 44.4 Å². The first kappa shape index (κ1) is 14.3. The molecule has 0 aromatic heterocycles. The lowest BCUT2D eigenvalue weighted by Crippen LogP contribution is -2.46. The van der Waals surface area contributed by atoms with Crippen LogP contribution in [0.25, 0.3) is 0 Å². The van der Waals surface area contributed by atoms with Gasteiger partial charge in [-0.1, -0.05) is 19.3 Å². The highest BCUT2D eigenvalue weighted by Gasteiger charge is 2.39. The molecular weight excluding hydrogens is 226 g/mol. The van der Waals surface area contributed by atoms with Crippen LogP contribution < -0.4 is 5.73 Å². The van der Waals surface area contributed by atoms with E-state index < -0.39 is 0 Å². The minimum Gasteiger partial charge on any atom is -0.385 e. The highest BCUT2D eigenvalue weighted by Crippen LogP contribution is 2.41. The second kappa shape index (κ2) is 6.88. The average molecular weight is 255 g/mol. The van der Waals surface area contributed by atoms with E-state index in [9.17, 15) is 0 Å². The maximum atomic E-state index is 6.37. The Labute approximate surface area is 111 Å². The van der Waals surface area contributed by atoms with E-state index >= 15 is 0 Å². The molecule has 1 saturated heterocycles. The number of methoxy groups -OCH3 is 1. The zero-order valence-corrected chi connectivity index (χ0v) is 11.8. The molecule has 0 bridgehead atoms. The lowest BCUT2D eigenvalue weighted by Gasteiger charge is -2.45. The van der Waals surface area contributed by atoms with Crippen molar-refractivity contribution in [2.75, 3.05) is 20.3 Å². The quantitative estimate of drug-likeness (QED) is 0.768. The van der Waals surface area contributed by atoms with Gasteiger partial charge in [0.1, 0.15) is 0 Å². The lowest BCUT2D eigenvalue weighted by atomic mass is 9.73. The molecule has 1 spiro atoms. The largest absolute Gasteiger partial charge is 0.385 e. The number of hydrogen-bond donors (Lipinski definition) is 1. The fraction of sp³-hybridized carbons (Fsp3) is 1.00. The first-order valence-electron chi connectivity index (χ1n) is 7.64. The molecule has 3 heteroatoms. The van der Waals surface area contributed by atoms with E-state index in [2.05, 4.69) is 0 Å². The second-order valence-electron chi connectivity index (χ2n) is 6.14. The summed E-state index contributed by atoms with van der Waals surface area (Å²) >= 11 is 0. The topological polar surface area (TPSA) is 44.5 Å². The number of rotatable bonds is 5. The molecule has 1 aliphatic carbocycles. The zero-order valence-electron chi connectivity index (χ0n) is 11.8. The summed E-state index contributed by atoms with van der Waals surface area (Å²) in [4.78, 5) is 0. The summed E-state index contributed by atoms with van der Waals surface area (Å²) in [6, 6.07) is 0.336. The molecular formula is C15H29NO2. The van der Waals surface area contributed by atoms with Crippen molar-refractivity contribution in [2.45, 2.75) is 69.4 Å². The first-order chi connectivity index (χ1) is 8.76. The summed E-state index contributed by atoms with van der Waals surface area (Å²) in [6.45, 7) is 1.75. The summed E-state index contributed by atoms with van der Waals surface area (Å²) in [5.41, 5.74) is 6.56. The van der Waals surface area contributed by atoms with Crippen LogP contribution in [0.15, 0.2) is 0 Å². The highest BCUT2D eigenvalue weighted by molar-refractivity contribution is 4.92. The number of ether oxygens (including phenoxy) is 2. The van der Waals surface area contributed by atoms with E-state index in [0.717, 1.165) is 32.5 Å². The maximum Gasteiger partial charge on any atom is 0.0685 e. The van der Waals surface area contributed by atoms with Crippen LogP contribution in [-0.4, -0.2) is 32.0 Å². The fourth-order valence-corrected chi connectivity index (χ4v) is 3.67. The van der Waals surface area contributed by atoms with Crippen LogP contribution in [0.3, 0.4) is 0 Å². The Hall–Kier alpha value is -0.120. The van der Waals surface area contributed by atoms with Gasteiger partial charge in [0, 0.05) is 26.4 Å². The summed E-state index contributed by atoms with van der Waals surface area (Å²) in [6.07, 6.45) is 11.1. The van der Waals surface area contributed by atoms with Gasteiger partial charge in [0.2, 0.25) is 0 Å². The van der Waals surface area contributed by atoms with Gasteiger partial charge in [0.25, 0.3) is 0 Å². The number of nitrogens with two attached hydrogens (primary N) is 1. The smallest absolute Gasteiger partial charge is 0.0685 e. The van der Waals surface area contributed by atoms with Crippen LogP contribution in [0.1, 0.15) is 57.8 Å². The van der Waals surface area contributed by atoms with Crippen molar-refractivity contribution in [2.24, 2.45) is 11.7 Å². The lowest BCUT2D eigenvalue weighted by molar-refractivity contribution is -0.120. The molecule has 1 aliphatic heterocycles. The first-order valence-corrected chi connectivity index (χ1v) is 7.64. The standard InChI is InChI=1S/C15H29NO2/c1-17-10-5-6-14(16)13-7-11-18-15(12-13)8-3-2-4-9-15/h13-14H,2-12,16H2,1H3. The van der Waals surface area contributed by atoms with Gasteiger partial charge in [-0.25, -0.2) is 0 Å². The van der Waals surface area contributed by atoms with E-state index in [1.54, 1.807) is 7.11 Å². The molecule has 2 rings (SSSR count). The molecule has 18 heavy (non-hydrogen) atoms. The zero-order chi connectivity index (χ0) is 12.8. The maximum absolute atomic E-state index is 6.37. The second-order valence-corrected chi connectivity index (χ2v) is 6.14. The predicted molar refractivity (Wildman–Crippen MR) is 73.6 cm³/mol. The van der Waals surface area contributed by atoms with Crippen LogP contribution in [0.5, 0.6) is 0 Å².